The Bertz CT molecular complexity index is 966. The van der Waals surface area contributed by atoms with Gasteiger partial charge in [-0.2, -0.15) is 0 Å². The minimum atomic E-state index is -3.24. The van der Waals surface area contributed by atoms with Crippen LogP contribution in [0.5, 0.6) is 0 Å². The Morgan fingerprint density at radius 1 is 1.12 bits per heavy atom. The summed E-state index contributed by atoms with van der Waals surface area (Å²) in [6.45, 7) is 0. The van der Waals surface area contributed by atoms with Crippen LogP contribution in [-0.2, 0) is 9.84 Å². The van der Waals surface area contributed by atoms with Crippen molar-refractivity contribution in [1.82, 2.24) is 9.97 Å². The lowest BCUT2D eigenvalue weighted by Gasteiger charge is -2.06. The highest BCUT2D eigenvalue weighted by molar-refractivity contribution is 7.90. The monoisotopic (exact) mass is 359 g/mol. The van der Waals surface area contributed by atoms with E-state index in [1.54, 1.807) is 30.5 Å². The van der Waals surface area contributed by atoms with Gasteiger partial charge in [-0.05, 0) is 23.6 Å². The van der Waals surface area contributed by atoms with E-state index in [4.69, 9.17) is 0 Å². The molecule has 24 heavy (non-hydrogen) atoms. The van der Waals surface area contributed by atoms with E-state index >= 15 is 0 Å². The summed E-state index contributed by atoms with van der Waals surface area (Å²) in [4.78, 5) is 21.3. The van der Waals surface area contributed by atoms with Crippen LogP contribution in [0.4, 0.5) is 5.82 Å². The van der Waals surface area contributed by atoms with E-state index in [0.717, 1.165) is 6.26 Å². The smallest absolute Gasteiger partial charge is 0.266 e. The summed E-state index contributed by atoms with van der Waals surface area (Å²) in [7, 11) is -3.24. The number of amides is 1. The first-order valence-corrected chi connectivity index (χ1v) is 9.68. The molecule has 1 aromatic carbocycles. The molecule has 2 heterocycles. The van der Waals surface area contributed by atoms with E-state index in [9.17, 15) is 13.2 Å². The highest BCUT2D eigenvalue weighted by Crippen LogP contribution is 2.20. The lowest BCUT2D eigenvalue weighted by molar-refractivity contribution is 0.103. The average Bonchev–Trinajstić information content (AvgIpc) is 3.09. The van der Waals surface area contributed by atoms with Crippen LogP contribution in [0.1, 0.15) is 9.67 Å². The molecule has 0 fully saturated rings. The number of carbonyl (C=O) groups is 1. The number of nitrogens with zero attached hydrogens (tertiary/aromatic N) is 2. The van der Waals surface area contributed by atoms with Gasteiger partial charge in [-0.15, -0.1) is 11.3 Å². The second kappa shape index (κ2) is 6.50. The molecule has 0 saturated heterocycles. The summed E-state index contributed by atoms with van der Waals surface area (Å²) in [6, 6.07) is 9.87. The van der Waals surface area contributed by atoms with Crippen molar-refractivity contribution in [3.05, 3.63) is 59.0 Å². The van der Waals surface area contributed by atoms with Gasteiger partial charge in [0.2, 0.25) is 0 Å². The van der Waals surface area contributed by atoms with Crippen LogP contribution in [0.2, 0.25) is 0 Å². The first-order valence-electron chi connectivity index (χ1n) is 6.91. The summed E-state index contributed by atoms with van der Waals surface area (Å²) in [5.74, 6) is 0.0852. The number of thiophene rings is 1. The van der Waals surface area contributed by atoms with E-state index in [2.05, 4.69) is 15.3 Å². The van der Waals surface area contributed by atoms with Crippen molar-refractivity contribution in [2.45, 2.75) is 4.90 Å². The molecule has 122 valence electrons. The maximum Gasteiger partial charge on any atom is 0.266 e. The Hall–Kier alpha value is -2.58. The number of nitrogens with one attached hydrogen (secondary N) is 1. The van der Waals surface area contributed by atoms with Crippen molar-refractivity contribution >= 4 is 32.9 Å². The number of sulfone groups is 1. The molecule has 3 rings (SSSR count). The van der Waals surface area contributed by atoms with Crippen molar-refractivity contribution in [1.29, 1.82) is 0 Å². The summed E-state index contributed by atoms with van der Waals surface area (Å²) >= 11 is 1.34. The molecular weight excluding hydrogens is 346 g/mol. The van der Waals surface area contributed by atoms with Crippen LogP contribution in [0.3, 0.4) is 0 Å². The van der Waals surface area contributed by atoms with Crippen molar-refractivity contribution in [3.63, 3.8) is 0 Å². The third kappa shape index (κ3) is 3.66. The van der Waals surface area contributed by atoms with Crippen LogP contribution in [0, 0.1) is 0 Å². The minimum absolute atomic E-state index is 0.237. The van der Waals surface area contributed by atoms with Gasteiger partial charge in [0, 0.05) is 11.8 Å². The molecule has 3 aromatic rings. The maximum atomic E-state index is 12.0. The second-order valence-electron chi connectivity index (χ2n) is 5.02. The largest absolute Gasteiger partial charge is 0.305 e. The molecule has 8 heteroatoms. The highest BCUT2D eigenvalue weighted by Gasteiger charge is 2.10. The summed E-state index contributed by atoms with van der Waals surface area (Å²) < 4.78 is 23.0. The maximum absolute atomic E-state index is 12.0. The zero-order valence-electron chi connectivity index (χ0n) is 12.6. The molecule has 0 unspecified atom stereocenters. The lowest BCUT2D eigenvalue weighted by atomic mass is 10.2. The first kappa shape index (κ1) is 16.3. The quantitative estimate of drug-likeness (QED) is 0.774. The molecule has 0 aliphatic heterocycles. The molecule has 0 atom stereocenters. The average molecular weight is 359 g/mol. The standard InChI is InChI=1S/C16H13N3O3S2/c1-24(21,22)12-6-4-11(5-7-12)13-9-17-10-15(18-13)19-16(20)14-3-2-8-23-14/h2-10H,1H3,(H,18,19,20). The van der Waals surface area contributed by atoms with E-state index in [1.165, 1.54) is 29.7 Å². The summed E-state index contributed by atoms with van der Waals surface area (Å²) in [5, 5.41) is 4.51. The fraction of sp³-hybridized carbons (Fsp3) is 0.0625. The molecule has 0 spiro atoms. The van der Waals surface area contributed by atoms with Gasteiger partial charge in [-0.3, -0.25) is 9.78 Å². The van der Waals surface area contributed by atoms with Crippen molar-refractivity contribution in [3.8, 4) is 11.3 Å². The van der Waals surface area contributed by atoms with E-state index in [1.807, 2.05) is 5.38 Å². The predicted molar refractivity (Wildman–Crippen MR) is 92.9 cm³/mol. The van der Waals surface area contributed by atoms with Gasteiger partial charge in [0.25, 0.3) is 5.91 Å². The van der Waals surface area contributed by atoms with Gasteiger partial charge in [-0.25, -0.2) is 13.4 Å². The molecule has 1 N–H and O–H groups in total. The van der Waals surface area contributed by atoms with Gasteiger partial charge in [0.15, 0.2) is 15.7 Å². The zero-order chi connectivity index (χ0) is 17.2. The lowest BCUT2D eigenvalue weighted by Crippen LogP contribution is -2.11. The van der Waals surface area contributed by atoms with Crippen molar-refractivity contribution < 1.29 is 13.2 Å². The zero-order valence-corrected chi connectivity index (χ0v) is 14.3. The van der Waals surface area contributed by atoms with Gasteiger partial charge in [-0.1, -0.05) is 18.2 Å². The third-order valence-corrected chi connectivity index (χ3v) is 5.20. The first-order chi connectivity index (χ1) is 11.4. The van der Waals surface area contributed by atoms with Gasteiger partial charge in [0.05, 0.1) is 27.9 Å². The van der Waals surface area contributed by atoms with Gasteiger partial charge in [0.1, 0.15) is 0 Å². The molecule has 0 aliphatic carbocycles. The number of benzene rings is 1. The van der Waals surface area contributed by atoms with E-state index < -0.39 is 9.84 Å². The highest BCUT2D eigenvalue weighted by atomic mass is 32.2. The number of hydrogen-bond acceptors (Lipinski definition) is 6. The van der Waals surface area contributed by atoms with Crippen molar-refractivity contribution in [2.75, 3.05) is 11.6 Å². The Morgan fingerprint density at radius 2 is 1.88 bits per heavy atom. The van der Waals surface area contributed by atoms with E-state index in [-0.39, 0.29) is 10.8 Å². The van der Waals surface area contributed by atoms with Crippen LogP contribution in [0.15, 0.2) is 59.1 Å². The fourth-order valence-corrected chi connectivity index (χ4v) is 3.27. The molecule has 0 radical (unpaired) electrons. The number of anilines is 1. The van der Waals surface area contributed by atoms with Crippen LogP contribution < -0.4 is 5.32 Å². The van der Waals surface area contributed by atoms with Crippen molar-refractivity contribution in [2.24, 2.45) is 0 Å². The molecule has 0 saturated carbocycles. The second-order valence-corrected chi connectivity index (χ2v) is 7.98. The Morgan fingerprint density at radius 3 is 2.50 bits per heavy atom. The molecule has 6 nitrogen and oxygen atoms in total. The molecule has 1 amide bonds. The fourth-order valence-electron chi connectivity index (χ4n) is 2.02. The summed E-state index contributed by atoms with van der Waals surface area (Å²) in [5.41, 5.74) is 1.25. The Labute approximate surface area is 143 Å². The topological polar surface area (TPSA) is 89.0 Å². The molecule has 0 bridgehead atoms. The predicted octanol–water partition coefficient (Wildman–Crippen LogP) is 2.86. The Kier molecular flexibility index (Phi) is 4.41. The van der Waals surface area contributed by atoms with Crippen LogP contribution in [-0.4, -0.2) is 30.5 Å². The summed E-state index contributed by atoms with van der Waals surface area (Å²) in [6.07, 6.45) is 4.17. The number of rotatable bonds is 4. The van der Waals surface area contributed by atoms with Crippen LogP contribution >= 0.6 is 11.3 Å². The molecule has 2 aromatic heterocycles. The number of aromatic nitrogens is 2. The molecule has 0 aliphatic rings. The minimum Gasteiger partial charge on any atom is -0.305 e. The number of hydrogen-bond donors (Lipinski definition) is 1. The Balaban J connectivity index is 1.84. The van der Waals surface area contributed by atoms with Crippen LogP contribution in [0.25, 0.3) is 11.3 Å². The SMILES string of the molecule is CS(=O)(=O)c1ccc(-c2cncc(NC(=O)c3cccs3)n2)cc1. The third-order valence-electron chi connectivity index (χ3n) is 3.20. The van der Waals surface area contributed by atoms with Gasteiger partial charge < -0.3 is 5.32 Å². The number of carbonyl (C=O) groups excluding carboxylic acids is 1. The normalized spacial score (nSPS) is 11.2. The van der Waals surface area contributed by atoms with E-state index in [0.29, 0.717) is 22.0 Å². The van der Waals surface area contributed by atoms with Gasteiger partial charge >= 0.3 is 0 Å². The molecular formula is C16H13N3O3S2.